The molecular formula is C33H28O6. The van der Waals surface area contributed by atoms with Crippen LogP contribution in [0.1, 0.15) is 57.5 Å². The van der Waals surface area contributed by atoms with E-state index in [9.17, 15) is 9.59 Å². The van der Waals surface area contributed by atoms with Crippen LogP contribution in [-0.2, 0) is 5.41 Å². The summed E-state index contributed by atoms with van der Waals surface area (Å²) < 4.78 is 12.0. The van der Waals surface area contributed by atoms with Gasteiger partial charge in [0, 0.05) is 5.41 Å². The lowest BCUT2D eigenvalue weighted by Crippen LogP contribution is -2.33. The Morgan fingerprint density at radius 1 is 0.590 bits per heavy atom. The van der Waals surface area contributed by atoms with Crippen LogP contribution >= 0.6 is 0 Å². The molecule has 2 saturated carbocycles. The minimum Gasteiger partial charge on any atom is -0.478 e. The molecule has 2 unspecified atom stereocenters. The summed E-state index contributed by atoms with van der Waals surface area (Å²) in [6.45, 7) is 0. The normalized spacial score (nSPS) is 19.0. The van der Waals surface area contributed by atoms with Gasteiger partial charge in [0.2, 0.25) is 0 Å². The zero-order chi connectivity index (χ0) is 27.0. The van der Waals surface area contributed by atoms with E-state index in [1.807, 2.05) is 24.3 Å². The van der Waals surface area contributed by atoms with Crippen LogP contribution in [0.5, 0.6) is 23.0 Å². The molecule has 6 nitrogen and oxygen atoms in total. The topological polar surface area (TPSA) is 93.1 Å². The van der Waals surface area contributed by atoms with Crippen molar-refractivity contribution in [3.8, 4) is 23.0 Å². The standard InChI is InChI=1S/C33H28O6/c34-31(35)22-2-11-27(12-3-22)38-29-15-7-24(8-16-29)33(20-21-1-6-26(33)19-21)25-9-17-30(18-10-25)39-28-13-4-23(5-14-28)32(36)37/h2-5,7-18,21,26H,1,6,19-20H2,(H,34,35)(H,36,37). The molecule has 0 radical (unpaired) electrons. The van der Waals surface area contributed by atoms with Crippen LogP contribution in [0.15, 0.2) is 97.1 Å². The van der Waals surface area contributed by atoms with E-state index in [-0.39, 0.29) is 16.5 Å². The Bertz CT molecular complexity index is 1390. The third-order valence-electron chi connectivity index (χ3n) is 8.26. The Morgan fingerprint density at radius 3 is 1.28 bits per heavy atom. The van der Waals surface area contributed by atoms with Gasteiger partial charge in [-0.3, -0.25) is 0 Å². The molecule has 0 saturated heterocycles. The smallest absolute Gasteiger partial charge is 0.335 e. The second kappa shape index (κ2) is 9.95. The first-order chi connectivity index (χ1) is 18.9. The molecule has 0 heterocycles. The van der Waals surface area contributed by atoms with Gasteiger partial charge in [-0.2, -0.15) is 0 Å². The van der Waals surface area contributed by atoms with Crippen molar-refractivity contribution in [2.24, 2.45) is 11.8 Å². The Balaban J connectivity index is 1.23. The van der Waals surface area contributed by atoms with Crippen LogP contribution in [0.3, 0.4) is 0 Å². The van der Waals surface area contributed by atoms with Crippen molar-refractivity contribution >= 4 is 11.9 Å². The summed E-state index contributed by atoms with van der Waals surface area (Å²) in [5, 5.41) is 18.2. The average Bonchev–Trinajstić information content (AvgIpc) is 3.57. The van der Waals surface area contributed by atoms with Crippen molar-refractivity contribution in [3.63, 3.8) is 0 Å². The van der Waals surface area contributed by atoms with Crippen LogP contribution < -0.4 is 9.47 Å². The zero-order valence-electron chi connectivity index (χ0n) is 21.2. The zero-order valence-corrected chi connectivity index (χ0v) is 21.2. The number of benzene rings is 4. The van der Waals surface area contributed by atoms with Gasteiger partial charge in [-0.15, -0.1) is 0 Å². The fourth-order valence-corrected chi connectivity index (χ4v) is 6.45. The third kappa shape index (κ3) is 4.74. The van der Waals surface area contributed by atoms with Crippen LogP contribution in [-0.4, -0.2) is 22.2 Å². The van der Waals surface area contributed by atoms with E-state index in [4.69, 9.17) is 19.7 Å². The van der Waals surface area contributed by atoms with Crippen molar-refractivity contribution < 1.29 is 29.3 Å². The van der Waals surface area contributed by atoms with E-state index in [0.29, 0.717) is 28.9 Å². The third-order valence-corrected chi connectivity index (χ3v) is 8.26. The number of ether oxygens (including phenoxy) is 2. The van der Waals surface area contributed by atoms with Crippen LogP contribution in [0.25, 0.3) is 0 Å². The molecule has 2 fully saturated rings. The summed E-state index contributed by atoms with van der Waals surface area (Å²) >= 11 is 0. The SMILES string of the molecule is O=C(O)c1ccc(Oc2ccc(C3(c4ccc(Oc5ccc(C(=O)O)cc5)cc4)CC4CCC3C4)cc2)cc1. The Labute approximate surface area is 226 Å². The van der Waals surface area contributed by atoms with Gasteiger partial charge >= 0.3 is 11.9 Å². The molecule has 6 rings (SSSR count). The van der Waals surface area contributed by atoms with E-state index >= 15 is 0 Å². The van der Waals surface area contributed by atoms with Gasteiger partial charge in [0.1, 0.15) is 23.0 Å². The Hall–Kier alpha value is -4.58. The first-order valence-electron chi connectivity index (χ1n) is 13.1. The summed E-state index contributed by atoms with van der Waals surface area (Å²) in [6.07, 6.45) is 4.86. The second-order valence-corrected chi connectivity index (χ2v) is 10.5. The average molecular weight is 521 g/mol. The lowest BCUT2D eigenvalue weighted by Gasteiger charge is -2.39. The van der Waals surface area contributed by atoms with Gasteiger partial charge in [-0.25, -0.2) is 9.59 Å². The summed E-state index contributed by atoms with van der Waals surface area (Å²) in [5.41, 5.74) is 2.95. The van der Waals surface area contributed by atoms with Crippen molar-refractivity contribution in [2.45, 2.75) is 31.1 Å². The number of carbonyl (C=O) groups is 2. The van der Waals surface area contributed by atoms with Crippen LogP contribution in [0.4, 0.5) is 0 Å². The molecule has 4 aromatic carbocycles. The van der Waals surface area contributed by atoms with Gasteiger partial charge in [0.25, 0.3) is 0 Å². The number of carboxylic acid groups (broad SMARTS) is 2. The molecular weight excluding hydrogens is 492 g/mol. The first-order valence-corrected chi connectivity index (χ1v) is 13.1. The quantitative estimate of drug-likeness (QED) is 0.246. The maximum Gasteiger partial charge on any atom is 0.335 e. The lowest BCUT2D eigenvalue weighted by atomic mass is 9.64. The highest BCUT2D eigenvalue weighted by Gasteiger charge is 2.52. The number of aromatic carboxylic acids is 2. The van der Waals surface area contributed by atoms with E-state index in [1.165, 1.54) is 54.7 Å². The van der Waals surface area contributed by atoms with E-state index in [0.717, 1.165) is 12.3 Å². The van der Waals surface area contributed by atoms with Gasteiger partial charge in [-0.05, 0) is 115 Å². The predicted octanol–water partition coefficient (Wildman–Crippen LogP) is 7.77. The minimum atomic E-state index is -0.962. The minimum absolute atomic E-state index is 0.0632. The largest absolute Gasteiger partial charge is 0.478 e. The molecule has 4 aromatic rings. The second-order valence-electron chi connectivity index (χ2n) is 10.5. The number of hydrogen-bond donors (Lipinski definition) is 2. The Morgan fingerprint density at radius 2 is 0.974 bits per heavy atom. The molecule has 0 amide bonds. The Kier molecular flexibility index (Phi) is 6.31. The number of carboxylic acids is 2. The summed E-state index contributed by atoms with van der Waals surface area (Å²) in [7, 11) is 0. The monoisotopic (exact) mass is 520 g/mol. The van der Waals surface area contributed by atoms with Gasteiger partial charge in [0.05, 0.1) is 11.1 Å². The van der Waals surface area contributed by atoms with E-state index in [2.05, 4.69) is 24.3 Å². The van der Waals surface area contributed by atoms with Crippen molar-refractivity contribution in [1.29, 1.82) is 0 Å². The molecule has 39 heavy (non-hydrogen) atoms. The van der Waals surface area contributed by atoms with Crippen molar-refractivity contribution in [1.82, 2.24) is 0 Å². The number of fused-ring (bicyclic) bond motifs is 2. The number of rotatable bonds is 8. The maximum absolute atomic E-state index is 11.1. The fourth-order valence-electron chi connectivity index (χ4n) is 6.45. The summed E-state index contributed by atoms with van der Waals surface area (Å²) in [5.74, 6) is 1.98. The van der Waals surface area contributed by atoms with Gasteiger partial charge < -0.3 is 19.7 Å². The summed E-state index contributed by atoms with van der Waals surface area (Å²) in [4.78, 5) is 22.2. The highest BCUT2D eigenvalue weighted by molar-refractivity contribution is 5.88. The molecule has 0 aromatic heterocycles. The molecule has 2 aliphatic rings. The highest BCUT2D eigenvalue weighted by atomic mass is 16.5. The predicted molar refractivity (Wildman–Crippen MR) is 146 cm³/mol. The van der Waals surface area contributed by atoms with E-state index in [1.54, 1.807) is 24.3 Å². The summed E-state index contributed by atoms with van der Waals surface area (Å²) in [6, 6.07) is 29.4. The maximum atomic E-state index is 11.1. The molecule has 0 spiro atoms. The van der Waals surface area contributed by atoms with Crippen LogP contribution in [0, 0.1) is 11.8 Å². The fraction of sp³-hybridized carbons (Fsp3) is 0.212. The van der Waals surface area contributed by atoms with Gasteiger partial charge in [-0.1, -0.05) is 30.7 Å². The molecule has 196 valence electrons. The molecule has 2 N–H and O–H groups in total. The molecule has 6 heteroatoms. The molecule has 2 bridgehead atoms. The van der Waals surface area contributed by atoms with E-state index < -0.39 is 11.9 Å². The van der Waals surface area contributed by atoms with Crippen molar-refractivity contribution in [3.05, 3.63) is 119 Å². The number of hydrogen-bond acceptors (Lipinski definition) is 4. The molecule has 0 aliphatic heterocycles. The molecule has 2 aliphatic carbocycles. The lowest BCUT2D eigenvalue weighted by molar-refractivity contribution is 0.0686. The molecule has 2 atom stereocenters. The first kappa shape index (κ1) is 24.7. The van der Waals surface area contributed by atoms with Crippen LogP contribution in [0.2, 0.25) is 0 Å². The van der Waals surface area contributed by atoms with Gasteiger partial charge in [0.15, 0.2) is 0 Å². The van der Waals surface area contributed by atoms with Crippen molar-refractivity contribution in [2.75, 3.05) is 0 Å². The highest BCUT2D eigenvalue weighted by Crippen LogP contribution is 2.60.